The van der Waals surface area contributed by atoms with Crippen molar-refractivity contribution in [2.75, 3.05) is 13.1 Å². The largest absolute Gasteiger partial charge is 0.340 e. The van der Waals surface area contributed by atoms with Crippen LogP contribution in [0.15, 0.2) is 24.3 Å². The van der Waals surface area contributed by atoms with Crippen LogP contribution in [-0.4, -0.2) is 36.0 Å². The summed E-state index contributed by atoms with van der Waals surface area (Å²) >= 11 is 0. The lowest BCUT2D eigenvalue weighted by molar-refractivity contribution is -0.139. The van der Waals surface area contributed by atoms with Crippen LogP contribution in [0.5, 0.6) is 0 Å². The van der Waals surface area contributed by atoms with Gasteiger partial charge in [-0.2, -0.15) is 0 Å². The van der Waals surface area contributed by atoms with Gasteiger partial charge in [0, 0.05) is 25.2 Å². The summed E-state index contributed by atoms with van der Waals surface area (Å²) in [5.74, 6) is 0.00369. The van der Waals surface area contributed by atoms with Gasteiger partial charge in [0.15, 0.2) is 0 Å². The molecule has 1 amide bonds. The van der Waals surface area contributed by atoms with Crippen molar-refractivity contribution >= 4 is 18.3 Å². The van der Waals surface area contributed by atoms with E-state index in [1.807, 2.05) is 6.07 Å². The van der Waals surface area contributed by atoms with Crippen LogP contribution in [0.4, 0.5) is 4.39 Å². The lowest BCUT2D eigenvalue weighted by Crippen LogP contribution is -2.50. The van der Waals surface area contributed by atoms with Crippen LogP contribution in [0.25, 0.3) is 0 Å². The molecule has 1 aromatic carbocycles. The highest BCUT2D eigenvalue weighted by Crippen LogP contribution is 2.41. The first-order valence-electron chi connectivity index (χ1n) is 9.49. The molecule has 1 aromatic rings. The first-order chi connectivity index (χ1) is 11.7. The summed E-state index contributed by atoms with van der Waals surface area (Å²) in [6.45, 7) is 1.65. The predicted molar refractivity (Wildman–Crippen MR) is 99.6 cm³/mol. The summed E-state index contributed by atoms with van der Waals surface area (Å²) in [5, 5.41) is 3.65. The molecule has 2 saturated heterocycles. The number of likely N-dealkylation sites (tertiary alicyclic amines) is 1. The zero-order valence-corrected chi connectivity index (χ0v) is 15.5. The Balaban J connectivity index is 0.00000182. The second-order valence-electron chi connectivity index (χ2n) is 7.83. The number of hydrogen-bond donors (Lipinski definition) is 1. The standard InChI is InChI=1S/C20H27FN2O.ClH/c21-16-6-4-5-15(13-16)20(10-2-1-3-11-20)19(24)23-12-9-17-7-8-18(14-23)22-17;/h4-6,13,17-18,22H,1-3,7-12,14H2;1H. The topological polar surface area (TPSA) is 32.3 Å². The Morgan fingerprint density at radius 3 is 2.64 bits per heavy atom. The SMILES string of the molecule is Cl.O=C(N1CCC2CCC(C1)N2)C1(c2cccc(F)c2)CCCCC1. The van der Waals surface area contributed by atoms with E-state index >= 15 is 0 Å². The number of carbonyl (C=O) groups is 1. The van der Waals surface area contributed by atoms with E-state index in [0.717, 1.165) is 50.8 Å². The summed E-state index contributed by atoms with van der Waals surface area (Å²) in [6, 6.07) is 7.78. The average molecular weight is 367 g/mol. The fraction of sp³-hybridized carbons (Fsp3) is 0.650. The maximum Gasteiger partial charge on any atom is 0.233 e. The minimum absolute atomic E-state index is 0. The number of nitrogens with one attached hydrogen (secondary N) is 1. The number of fused-ring (bicyclic) bond motifs is 2. The van der Waals surface area contributed by atoms with E-state index in [0.29, 0.717) is 12.1 Å². The first-order valence-corrected chi connectivity index (χ1v) is 9.49. The van der Waals surface area contributed by atoms with Gasteiger partial charge in [0.1, 0.15) is 5.82 Å². The third-order valence-corrected chi connectivity index (χ3v) is 6.30. The summed E-state index contributed by atoms with van der Waals surface area (Å²) in [4.78, 5) is 15.7. The van der Waals surface area contributed by atoms with Crippen molar-refractivity contribution in [1.82, 2.24) is 10.2 Å². The van der Waals surface area contributed by atoms with Gasteiger partial charge in [0.2, 0.25) is 5.91 Å². The van der Waals surface area contributed by atoms with Gasteiger partial charge in [-0.05, 0) is 49.8 Å². The van der Waals surface area contributed by atoms with Gasteiger partial charge in [0.05, 0.1) is 5.41 Å². The molecule has 138 valence electrons. The molecule has 25 heavy (non-hydrogen) atoms. The predicted octanol–water partition coefficient (Wildman–Crippen LogP) is 3.80. The van der Waals surface area contributed by atoms with Crippen molar-refractivity contribution < 1.29 is 9.18 Å². The van der Waals surface area contributed by atoms with Crippen molar-refractivity contribution in [2.24, 2.45) is 0 Å². The van der Waals surface area contributed by atoms with Crippen molar-refractivity contribution in [2.45, 2.75) is 68.9 Å². The van der Waals surface area contributed by atoms with E-state index in [-0.39, 0.29) is 24.1 Å². The molecule has 3 nitrogen and oxygen atoms in total. The van der Waals surface area contributed by atoms with Crippen LogP contribution in [0, 0.1) is 5.82 Å². The Labute approximate surface area is 155 Å². The highest BCUT2D eigenvalue weighted by atomic mass is 35.5. The van der Waals surface area contributed by atoms with Gasteiger partial charge in [-0.3, -0.25) is 4.79 Å². The molecule has 4 rings (SSSR count). The maximum atomic E-state index is 13.9. The van der Waals surface area contributed by atoms with Gasteiger partial charge in [-0.15, -0.1) is 12.4 Å². The van der Waals surface area contributed by atoms with Crippen LogP contribution in [-0.2, 0) is 10.2 Å². The maximum absolute atomic E-state index is 13.9. The van der Waals surface area contributed by atoms with Gasteiger partial charge in [-0.1, -0.05) is 31.4 Å². The molecule has 1 aliphatic carbocycles. The Morgan fingerprint density at radius 2 is 1.88 bits per heavy atom. The van der Waals surface area contributed by atoms with E-state index in [1.54, 1.807) is 12.1 Å². The summed E-state index contributed by atoms with van der Waals surface area (Å²) < 4.78 is 13.9. The van der Waals surface area contributed by atoms with Crippen LogP contribution in [0.2, 0.25) is 0 Å². The molecular weight excluding hydrogens is 339 g/mol. The monoisotopic (exact) mass is 366 g/mol. The molecule has 3 aliphatic rings. The molecule has 2 bridgehead atoms. The molecule has 0 radical (unpaired) electrons. The second-order valence-corrected chi connectivity index (χ2v) is 7.83. The Hall–Kier alpha value is -1.13. The summed E-state index contributed by atoms with van der Waals surface area (Å²) in [5.41, 5.74) is 0.374. The third-order valence-electron chi connectivity index (χ3n) is 6.30. The van der Waals surface area contributed by atoms with Gasteiger partial charge in [0.25, 0.3) is 0 Å². The van der Waals surface area contributed by atoms with Crippen molar-refractivity contribution in [3.63, 3.8) is 0 Å². The molecule has 0 spiro atoms. The molecule has 1 saturated carbocycles. The molecule has 1 N–H and O–H groups in total. The second kappa shape index (κ2) is 7.63. The molecule has 2 atom stereocenters. The van der Waals surface area contributed by atoms with E-state index in [4.69, 9.17) is 0 Å². The zero-order valence-electron chi connectivity index (χ0n) is 14.7. The fourth-order valence-corrected chi connectivity index (χ4v) is 5.00. The van der Waals surface area contributed by atoms with Crippen LogP contribution < -0.4 is 5.32 Å². The van der Waals surface area contributed by atoms with Gasteiger partial charge in [-0.25, -0.2) is 4.39 Å². The molecule has 5 heteroatoms. The van der Waals surface area contributed by atoms with Crippen molar-refractivity contribution in [1.29, 1.82) is 0 Å². The van der Waals surface area contributed by atoms with E-state index in [9.17, 15) is 9.18 Å². The molecule has 3 fully saturated rings. The number of amides is 1. The van der Waals surface area contributed by atoms with E-state index in [2.05, 4.69) is 10.2 Å². The normalized spacial score (nSPS) is 28.1. The minimum atomic E-state index is -0.510. The molecule has 0 aromatic heterocycles. The van der Waals surface area contributed by atoms with Crippen LogP contribution in [0.3, 0.4) is 0 Å². The Kier molecular flexibility index (Phi) is 5.69. The number of halogens is 2. The Morgan fingerprint density at radius 1 is 1.12 bits per heavy atom. The molecule has 2 aliphatic heterocycles. The van der Waals surface area contributed by atoms with E-state index in [1.165, 1.54) is 25.3 Å². The zero-order chi connectivity index (χ0) is 16.6. The summed E-state index contributed by atoms with van der Waals surface area (Å²) in [6.07, 6.45) is 8.45. The van der Waals surface area contributed by atoms with Crippen LogP contribution >= 0.6 is 12.4 Å². The molecule has 2 heterocycles. The number of nitrogens with zero attached hydrogens (tertiary/aromatic N) is 1. The van der Waals surface area contributed by atoms with Crippen molar-refractivity contribution in [3.8, 4) is 0 Å². The average Bonchev–Trinajstić information content (AvgIpc) is 2.94. The van der Waals surface area contributed by atoms with Crippen LogP contribution in [0.1, 0.15) is 56.9 Å². The third kappa shape index (κ3) is 3.56. The van der Waals surface area contributed by atoms with Gasteiger partial charge >= 0.3 is 0 Å². The quantitative estimate of drug-likeness (QED) is 0.863. The fourth-order valence-electron chi connectivity index (χ4n) is 5.00. The number of benzene rings is 1. The van der Waals surface area contributed by atoms with Crippen molar-refractivity contribution in [3.05, 3.63) is 35.6 Å². The van der Waals surface area contributed by atoms with E-state index < -0.39 is 5.41 Å². The molecule has 2 unspecified atom stereocenters. The minimum Gasteiger partial charge on any atom is -0.340 e. The first kappa shape index (κ1) is 18.7. The highest BCUT2D eigenvalue weighted by molar-refractivity contribution is 5.88. The smallest absolute Gasteiger partial charge is 0.233 e. The van der Waals surface area contributed by atoms with Gasteiger partial charge < -0.3 is 10.2 Å². The highest BCUT2D eigenvalue weighted by Gasteiger charge is 2.45. The Bertz CT molecular complexity index is 617. The molecular formula is C20H28ClFN2O. The summed E-state index contributed by atoms with van der Waals surface area (Å²) in [7, 11) is 0. The lowest BCUT2D eigenvalue weighted by Gasteiger charge is -2.41. The number of carbonyl (C=O) groups excluding carboxylic acids is 1. The lowest BCUT2D eigenvalue weighted by atomic mass is 9.68. The number of hydrogen-bond acceptors (Lipinski definition) is 2. The number of rotatable bonds is 2.